The van der Waals surface area contributed by atoms with Crippen LogP contribution in [0.5, 0.6) is 0 Å². The number of carbonyl (C=O) groups excluding carboxylic acids is 1. The summed E-state index contributed by atoms with van der Waals surface area (Å²) in [6.45, 7) is 1.80. The normalized spacial score (nSPS) is 10.3. The molecule has 8 heteroatoms. The standard InChI is InChI=1S/C13H11N5O2.Li/c1-7-10(4-9(6-15-7)12(19)20)8-2-3-18-11(5-8)16-13(14)17-18;/h2-6H,1H3,(H2,14,17)(H,19,20);/q;+1/p-1. The number of fused-ring (bicyclic) bond motifs is 1. The van der Waals surface area contributed by atoms with Gasteiger partial charge in [-0.2, -0.15) is 4.98 Å². The van der Waals surface area contributed by atoms with E-state index in [1.165, 1.54) is 12.3 Å². The van der Waals surface area contributed by atoms with Gasteiger partial charge in [-0.05, 0) is 30.7 Å². The fraction of sp³-hybridized carbons (Fsp3) is 0.0769. The minimum absolute atomic E-state index is 0. The molecule has 100 valence electrons. The van der Waals surface area contributed by atoms with Gasteiger partial charge in [0.25, 0.3) is 0 Å². The number of nitrogens with zero attached hydrogens (tertiary/aromatic N) is 4. The maximum atomic E-state index is 10.9. The van der Waals surface area contributed by atoms with E-state index < -0.39 is 5.97 Å². The molecule has 0 radical (unpaired) electrons. The molecule has 21 heavy (non-hydrogen) atoms. The maximum Gasteiger partial charge on any atom is 1.00 e. The zero-order chi connectivity index (χ0) is 14.3. The van der Waals surface area contributed by atoms with Gasteiger partial charge in [-0.3, -0.25) is 4.98 Å². The molecule has 0 fully saturated rings. The van der Waals surface area contributed by atoms with Gasteiger partial charge in [-0.15, -0.1) is 5.10 Å². The van der Waals surface area contributed by atoms with Gasteiger partial charge in [0, 0.05) is 29.2 Å². The first kappa shape index (κ1) is 15.0. The smallest absolute Gasteiger partial charge is 0.545 e. The molecule has 0 unspecified atom stereocenters. The molecule has 0 aliphatic rings. The Morgan fingerprint density at radius 1 is 1.38 bits per heavy atom. The van der Waals surface area contributed by atoms with Crippen molar-refractivity contribution in [2.75, 3.05) is 5.73 Å². The minimum atomic E-state index is -1.26. The second-order valence-electron chi connectivity index (χ2n) is 4.33. The number of hydrogen-bond acceptors (Lipinski definition) is 6. The van der Waals surface area contributed by atoms with Crippen molar-refractivity contribution in [2.24, 2.45) is 0 Å². The minimum Gasteiger partial charge on any atom is -0.545 e. The molecule has 3 aromatic rings. The number of nitrogens with two attached hydrogens (primary N) is 1. The second kappa shape index (κ2) is 5.56. The van der Waals surface area contributed by atoms with Crippen LogP contribution in [0.25, 0.3) is 16.8 Å². The third-order valence-electron chi connectivity index (χ3n) is 2.99. The molecule has 0 saturated carbocycles. The average Bonchev–Trinajstić information content (AvgIpc) is 2.78. The number of nitrogen functional groups attached to an aromatic ring is 1. The molecule has 0 amide bonds. The maximum absolute atomic E-state index is 10.9. The molecule has 3 aromatic heterocycles. The molecule has 0 aliphatic heterocycles. The van der Waals surface area contributed by atoms with E-state index >= 15 is 0 Å². The summed E-state index contributed by atoms with van der Waals surface area (Å²) in [5.41, 5.74) is 8.36. The first-order valence-corrected chi connectivity index (χ1v) is 5.85. The Morgan fingerprint density at radius 2 is 2.14 bits per heavy atom. The average molecular weight is 275 g/mol. The number of anilines is 1. The van der Waals surface area contributed by atoms with E-state index in [9.17, 15) is 9.90 Å². The van der Waals surface area contributed by atoms with Crippen molar-refractivity contribution in [3.8, 4) is 11.1 Å². The number of pyridine rings is 2. The van der Waals surface area contributed by atoms with Gasteiger partial charge >= 0.3 is 18.9 Å². The number of hydrogen-bond donors (Lipinski definition) is 1. The number of carboxylic acids is 1. The molecule has 3 rings (SSSR count). The Kier molecular flexibility index (Phi) is 3.98. The van der Waals surface area contributed by atoms with Gasteiger partial charge < -0.3 is 15.6 Å². The molecule has 3 heterocycles. The predicted molar refractivity (Wildman–Crippen MR) is 69.7 cm³/mol. The Labute approximate surface area is 132 Å². The molecule has 0 aromatic carbocycles. The van der Waals surface area contributed by atoms with Crippen LogP contribution in [0.4, 0.5) is 5.95 Å². The number of rotatable bonds is 2. The van der Waals surface area contributed by atoms with Crippen LogP contribution >= 0.6 is 0 Å². The summed E-state index contributed by atoms with van der Waals surface area (Å²) in [6, 6.07) is 5.10. The van der Waals surface area contributed by atoms with E-state index in [0.717, 1.165) is 5.56 Å². The van der Waals surface area contributed by atoms with Crippen molar-refractivity contribution >= 4 is 17.6 Å². The summed E-state index contributed by atoms with van der Waals surface area (Å²) in [4.78, 5) is 19.1. The van der Waals surface area contributed by atoms with Crippen LogP contribution < -0.4 is 29.7 Å². The van der Waals surface area contributed by atoms with Crippen LogP contribution in [-0.4, -0.2) is 25.6 Å². The van der Waals surface area contributed by atoms with E-state index in [0.29, 0.717) is 16.9 Å². The Morgan fingerprint density at radius 3 is 2.86 bits per heavy atom. The van der Waals surface area contributed by atoms with Crippen molar-refractivity contribution in [1.29, 1.82) is 0 Å². The van der Waals surface area contributed by atoms with Crippen LogP contribution in [0.2, 0.25) is 0 Å². The third-order valence-corrected chi connectivity index (χ3v) is 2.99. The van der Waals surface area contributed by atoms with Gasteiger partial charge in [-0.1, -0.05) is 0 Å². The zero-order valence-corrected chi connectivity index (χ0v) is 11.6. The van der Waals surface area contributed by atoms with Crippen LogP contribution in [0.3, 0.4) is 0 Å². The first-order chi connectivity index (χ1) is 9.54. The molecule has 0 saturated heterocycles. The molecular weight excluding hydrogens is 265 g/mol. The van der Waals surface area contributed by atoms with Gasteiger partial charge in [0.1, 0.15) is 0 Å². The van der Waals surface area contributed by atoms with E-state index in [2.05, 4.69) is 15.1 Å². The second-order valence-corrected chi connectivity index (χ2v) is 4.33. The third kappa shape index (κ3) is 2.75. The first-order valence-electron chi connectivity index (χ1n) is 5.85. The zero-order valence-electron chi connectivity index (χ0n) is 11.6. The number of carboxylic acid groups (broad SMARTS) is 1. The molecule has 0 bridgehead atoms. The number of carbonyl (C=O) groups is 1. The summed E-state index contributed by atoms with van der Waals surface area (Å²) in [7, 11) is 0. The van der Waals surface area contributed by atoms with Crippen LogP contribution in [0.1, 0.15) is 16.1 Å². The monoisotopic (exact) mass is 275 g/mol. The molecule has 0 atom stereocenters. The Hall–Kier alpha value is -2.36. The van der Waals surface area contributed by atoms with Gasteiger partial charge in [-0.25, -0.2) is 4.52 Å². The molecule has 7 nitrogen and oxygen atoms in total. The Bertz CT molecular complexity index is 831. The van der Waals surface area contributed by atoms with Crippen LogP contribution in [0.15, 0.2) is 30.6 Å². The van der Waals surface area contributed by atoms with Crippen molar-refractivity contribution in [3.05, 3.63) is 41.9 Å². The SMILES string of the molecule is Cc1ncc(C(=O)[O-])cc1-c1ccn2nc(N)nc2c1.[Li+]. The molecule has 2 N–H and O–H groups in total. The molecular formula is C13H10LiN5O2. The summed E-state index contributed by atoms with van der Waals surface area (Å²) < 4.78 is 1.55. The quantitative estimate of drug-likeness (QED) is 0.501. The van der Waals surface area contributed by atoms with Crippen molar-refractivity contribution in [1.82, 2.24) is 19.6 Å². The van der Waals surface area contributed by atoms with Crippen molar-refractivity contribution < 1.29 is 28.8 Å². The Balaban J connectivity index is 0.00000161. The largest absolute Gasteiger partial charge is 1.00 e. The summed E-state index contributed by atoms with van der Waals surface area (Å²) in [5.74, 6) is -1.08. The fourth-order valence-corrected chi connectivity index (χ4v) is 2.00. The van der Waals surface area contributed by atoms with E-state index in [1.807, 2.05) is 0 Å². The van der Waals surface area contributed by atoms with Gasteiger partial charge in [0.15, 0.2) is 5.65 Å². The summed E-state index contributed by atoms with van der Waals surface area (Å²) in [6.07, 6.45) is 2.99. The predicted octanol–water partition coefficient (Wildman–Crippen LogP) is -2.95. The van der Waals surface area contributed by atoms with Gasteiger partial charge in [0.2, 0.25) is 5.95 Å². The van der Waals surface area contributed by atoms with E-state index in [4.69, 9.17) is 5.73 Å². The number of aryl methyl sites for hydroxylation is 1. The van der Waals surface area contributed by atoms with E-state index in [1.54, 1.807) is 29.8 Å². The van der Waals surface area contributed by atoms with Crippen molar-refractivity contribution in [2.45, 2.75) is 6.92 Å². The molecule has 0 aliphatic carbocycles. The van der Waals surface area contributed by atoms with Crippen molar-refractivity contribution in [3.63, 3.8) is 0 Å². The van der Waals surface area contributed by atoms with Crippen LogP contribution in [-0.2, 0) is 0 Å². The fourth-order valence-electron chi connectivity index (χ4n) is 2.00. The summed E-state index contributed by atoms with van der Waals surface area (Å²) >= 11 is 0. The van der Waals surface area contributed by atoms with Crippen LogP contribution in [0, 0.1) is 6.92 Å². The molecule has 0 spiro atoms. The topological polar surface area (TPSA) is 109 Å². The summed E-state index contributed by atoms with van der Waals surface area (Å²) in [5, 5.41) is 14.9. The number of aromatic nitrogens is 4. The van der Waals surface area contributed by atoms with Gasteiger partial charge in [0.05, 0.1) is 5.97 Å². The number of aromatic carboxylic acids is 1. The van der Waals surface area contributed by atoms with E-state index in [-0.39, 0.29) is 30.4 Å².